The first-order valence-corrected chi connectivity index (χ1v) is 10.7. The average molecular weight is 420 g/mol. The first-order chi connectivity index (χ1) is 14.1. The number of alkyl halides is 2. The molecular formula is C20H22F2N4O2S. The monoisotopic (exact) mass is 420 g/mol. The number of nitrogens with one attached hydrogen (secondary N) is 1. The number of hydrogen-bond donors (Lipinski definition) is 1. The largest absolute Gasteiger partial charge is 0.435 e. The Bertz CT molecular complexity index is 888. The third-order valence-electron chi connectivity index (χ3n) is 5.93. The topological polar surface area (TPSA) is 57.7 Å². The van der Waals surface area contributed by atoms with Gasteiger partial charge in [-0.2, -0.15) is 8.78 Å². The number of thiazole rings is 1. The van der Waals surface area contributed by atoms with E-state index in [1.54, 1.807) is 16.2 Å². The van der Waals surface area contributed by atoms with Crippen LogP contribution in [-0.4, -0.2) is 54.1 Å². The van der Waals surface area contributed by atoms with Gasteiger partial charge in [-0.25, -0.2) is 4.98 Å². The van der Waals surface area contributed by atoms with Gasteiger partial charge < -0.3 is 19.9 Å². The van der Waals surface area contributed by atoms with Gasteiger partial charge in [0.1, 0.15) is 5.75 Å². The lowest BCUT2D eigenvalue weighted by molar-refractivity contribution is -0.0498. The van der Waals surface area contributed by atoms with E-state index in [9.17, 15) is 13.6 Å². The molecular weight excluding hydrogens is 398 g/mol. The fourth-order valence-corrected chi connectivity index (χ4v) is 5.78. The van der Waals surface area contributed by atoms with Gasteiger partial charge in [-0.15, -0.1) is 0 Å². The van der Waals surface area contributed by atoms with Gasteiger partial charge in [0.2, 0.25) is 0 Å². The second kappa shape index (κ2) is 7.53. The predicted molar refractivity (Wildman–Crippen MR) is 106 cm³/mol. The third kappa shape index (κ3) is 3.57. The van der Waals surface area contributed by atoms with Gasteiger partial charge in [0.15, 0.2) is 5.13 Å². The van der Waals surface area contributed by atoms with Gasteiger partial charge in [0.25, 0.3) is 5.91 Å². The van der Waals surface area contributed by atoms with Crippen LogP contribution in [0.5, 0.6) is 5.75 Å². The van der Waals surface area contributed by atoms with Crippen molar-refractivity contribution >= 4 is 22.4 Å². The van der Waals surface area contributed by atoms with Gasteiger partial charge in [-0.1, -0.05) is 11.3 Å². The summed E-state index contributed by atoms with van der Waals surface area (Å²) in [4.78, 5) is 23.2. The number of fused-ring (bicyclic) bond motifs is 3. The highest BCUT2D eigenvalue weighted by Gasteiger charge is 2.39. The molecule has 1 N–H and O–H groups in total. The quantitative estimate of drug-likeness (QED) is 0.824. The third-order valence-corrected chi connectivity index (χ3v) is 7.03. The Hall–Kier alpha value is -2.26. The molecule has 29 heavy (non-hydrogen) atoms. The van der Waals surface area contributed by atoms with Crippen LogP contribution in [-0.2, 0) is 13.0 Å². The minimum absolute atomic E-state index is 0.0511. The average Bonchev–Trinajstić information content (AvgIpc) is 3.24. The summed E-state index contributed by atoms with van der Waals surface area (Å²) in [5.74, 6) is -0.0494. The Morgan fingerprint density at radius 1 is 1.21 bits per heavy atom. The van der Waals surface area contributed by atoms with Crippen LogP contribution in [0.1, 0.15) is 33.8 Å². The number of anilines is 1. The highest BCUT2D eigenvalue weighted by Crippen LogP contribution is 2.38. The maximum Gasteiger partial charge on any atom is 0.387 e. The zero-order chi connectivity index (χ0) is 20.0. The molecule has 0 spiro atoms. The molecule has 5 rings (SSSR count). The molecule has 0 radical (unpaired) electrons. The lowest BCUT2D eigenvalue weighted by Gasteiger charge is -2.35. The normalized spacial score (nSPS) is 23.4. The van der Waals surface area contributed by atoms with E-state index in [1.165, 1.54) is 37.1 Å². The molecule has 2 unspecified atom stereocenters. The number of amides is 1. The Morgan fingerprint density at radius 2 is 1.93 bits per heavy atom. The van der Waals surface area contributed by atoms with E-state index in [0.29, 0.717) is 30.7 Å². The number of piperazine rings is 1. The van der Waals surface area contributed by atoms with Crippen LogP contribution in [0.4, 0.5) is 13.9 Å². The number of nitrogens with zero attached hydrogens (tertiary/aromatic N) is 3. The van der Waals surface area contributed by atoms with Crippen LogP contribution >= 0.6 is 11.3 Å². The molecule has 0 saturated carbocycles. The molecule has 0 aliphatic carbocycles. The highest BCUT2D eigenvalue weighted by molar-refractivity contribution is 7.15. The fourth-order valence-electron chi connectivity index (χ4n) is 4.52. The summed E-state index contributed by atoms with van der Waals surface area (Å²) in [6.45, 7) is 0.303. The Balaban J connectivity index is 1.30. The molecule has 1 amide bonds. The van der Waals surface area contributed by atoms with Gasteiger partial charge in [-0.05, 0) is 37.1 Å². The molecule has 6 nitrogen and oxygen atoms in total. The van der Waals surface area contributed by atoms with Crippen molar-refractivity contribution in [3.05, 3.63) is 40.4 Å². The number of aromatic nitrogens is 1. The van der Waals surface area contributed by atoms with Gasteiger partial charge in [-0.3, -0.25) is 4.79 Å². The van der Waals surface area contributed by atoms with E-state index >= 15 is 0 Å². The SMILES string of the molecule is O=C(c1ccc(OC(F)F)cc1)N1CCc2nc(N3C4CCC3CNC4)sc2C1. The van der Waals surface area contributed by atoms with Crippen LogP contribution in [0.25, 0.3) is 0 Å². The zero-order valence-corrected chi connectivity index (χ0v) is 16.6. The minimum atomic E-state index is -2.87. The summed E-state index contributed by atoms with van der Waals surface area (Å²) in [6.07, 6.45) is 3.15. The van der Waals surface area contributed by atoms with E-state index in [-0.39, 0.29) is 11.7 Å². The Kier molecular flexibility index (Phi) is 4.87. The molecule has 3 aliphatic heterocycles. The van der Waals surface area contributed by atoms with Gasteiger partial charge >= 0.3 is 6.61 Å². The van der Waals surface area contributed by atoms with Crippen molar-refractivity contribution in [1.82, 2.24) is 15.2 Å². The van der Waals surface area contributed by atoms with Crippen molar-refractivity contribution in [1.29, 1.82) is 0 Å². The molecule has 2 bridgehead atoms. The standard InChI is InChI=1S/C20H22F2N4O2S/c21-19(22)28-15-5-1-12(2-6-15)18(27)25-8-7-16-17(11-25)29-20(24-16)26-13-3-4-14(26)10-23-9-13/h1-2,5-6,13-14,19,23H,3-4,7-11H2. The molecule has 2 aromatic rings. The van der Waals surface area contributed by atoms with Crippen molar-refractivity contribution in [2.24, 2.45) is 0 Å². The molecule has 1 aromatic heterocycles. The fraction of sp³-hybridized carbons (Fsp3) is 0.500. The van der Waals surface area contributed by atoms with Crippen LogP contribution in [0, 0.1) is 0 Å². The number of benzene rings is 1. The van der Waals surface area contributed by atoms with E-state index in [2.05, 4.69) is 15.0 Å². The van der Waals surface area contributed by atoms with E-state index < -0.39 is 6.61 Å². The lowest BCUT2D eigenvalue weighted by atomic mass is 10.1. The number of ether oxygens (including phenoxy) is 1. The van der Waals surface area contributed by atoms with Gasteiger partial charge in [0.05, 0.1) is 12.2 Å². The first-order valence-electron chi connectivity index (χ1n) is 9.90. The number of rotatable bonds is 4. The minimum Gasteiger partial charge on any atom is -0.435 e. The maximum atomic E-state index is 12.9. The van der Waals surface area contributed by atoms with Crippen molar-refractivity contribution in [3.63, 3.8) is 0 Å². The molecule has 2 atom stereocenters. The maximum absolute atomic E-state index is 12.9. The summed E-state index contributed by atoms with van der Waals surface area (Å²) >= 11 is 1.70. The van der Waals surface area contributed by atoms with Crippen LogP contribution in [0.2, 0.25) is 0 Å². The molecule has 2 fully saturated rings. The number of carbonyl (C=O) groups excluding carboxylic acids is 1. The van der Waals surface area contributed by atoms with Crippen molar-refractivity contribution in [3.8, 4) is 5.75 Å². The van der Waals surface area contributed by atoms with Crippen LogP contribution in [0.15, 0.2) is 24.3 Å². The van der Waals surface area contributed by atoms with Gasteiger partial charge in [0, 0.05) is 48.6 Å². The second-order valence-corrected chi connectivity index (χ2v) is 8.76. The smallest absolute Gasteiger partial charge is 0.387 e. The molecule has 9 heteroatoms. The van der Waals surface area contributed by atoms with Crippen molar-refractivity contribution in [2.45, 2.75) is 44.5 Å². The zero-order valence-electron chi connectivity index (χ0n) is 15.8. The van der Waals surface area contributed by atoms with Crippen molar-refractivity contribution < 1.29 is 18.3 Å². The summed E-state index contributed by atoms with van der Waals surface area (Å²) in [7, 11) is 0. The lowest BCUT2D eigenvalue weighted by Crippen LogP contribution is -2.51. The molecule has 3 aliphatic rings. The second-order valence-electron chi connectivity index (χ2n) is 7.70. The molecule has 1 aromatic carbocycles. The number of halogens is 2. The Morgan fingerprint density at radius 3 is 2.62 bits per heavy atom. The summed E-state index contributed by atoms with van der Waals surface area (Å²) in [5, 5.41) is 4.58. The van der Waals surface area contributed by atoms with Crippen LogP contribution < -0.4 is 15.0 Å². The molecule has 154 valence electrons. The van der Waals surface area contributed by atoms with Crippen molar-refractivity contribution in [2.75, 3.05) is 24.5 Å². The molecule has 4 heterocycles. The van der Waals surface area contributed by atoms with Crippen LogP contribution in [0.3, 0.4) is 0 Å². The number of hydrogen-bond acceptors (Lipinski definition) is 6. The van der Waals surface area contributed by atoms with E-state index in [4.69, 9.17) is 4.98 Å². The summed E-state index contributed by atoms with van der Waals surface area (Å²) in [6, 6.07) is 6.92. The molecule has 2 saturated heterocycles. The first kappa shape index (κ1) is 18.7. The van der Waals surface area contributed by atoms with E-state index in [1.807, 2.05) is 0 Å². The predicted octanol–water partition coefficient (Wildman–Crippen LogP) is 2.88. The van der Waals surface area contributed by atoms with E-state index in [0.717, 1.165) is 35.2 Å². The summed E-state index contributed by atoms with van der Waals surface area (Å²) in [5.41, 5.74) is 1.58. The summed E-state index contributed by atoms with van der Waals surface area (Å²) < 4.78 is 28.9. The highest BCUT2D eigenvalue weighted by atomic mass is 32.1. The Labute approximate surface area is 171 Å². The number of carbonyl (C=O) groups is 1.